The molecule has 1 fully saturated rings. The van der Waals surface area contributed by atoms with Crippen LogP contribution in [-0.4, -0.2) is 52.9 Å². The van der Waals surface area contributed by atoms with Gasteiger partial charge in [0.15, 0.2) is 0 Å². The summed E-state index contributed by atoms with van der Waals surface area (Å²) in [6.45, 7) is 3.68. The summed E-state index contributed by atoms with van der Waals surface area (Å²) in [4.78, 5) is 63.8. The summed E-state index contributed by atoms with van der Waals surface area (Å²) in [5.74, 6) is -3.97. The summed E-state index contributed by atoms with van der Waals surface area (Å²) < 4.78 is 0. The van der Waals surface area contributed by atoms with E-state index in [2.05, 4.69) is 20.9 Å². The summed E-state index contributed by atoms with van der Waals surface area (Å²) >= 11 is 0. The van der Waals surface area contributed by atoms with Crippen LogP contribution in [0.5, 0.6) is 0 Å². The predicted octanol–water partition coefficient (Wildman–Crippen LogP) is -1.09. The lowest BCUT2D eigenvalue weighted by molar-refractivity contribution is -0.142. The standard InChI is InChI=1S/C18H22N4O5/c1-10(2)14(17(26)21-12-5-8-20-18(27)15(12)24)22-16(25)13(23)9-11-3-6-19-7-4-11/h3-4,6-7,10,12,14H,5,8-9H2,1-2H3,(H,20,27)(H,21,26)(H,22,25). The highest BCUT2D eigenvalue weighted by Gasteiger charge is 2.34. The molecule has 0 saturated carbocycles. The smallest absolute Gasteiger partial charge is 0.289 e. The molecule has 2 unspecified atom stereocenters. The molecular weight excluding hydrogens is 352 g/mol. The van der Waals surface area contributed by atoms with Gasteiger partial charge in [0.05, 0.1) is 6.04 Å². The third-order valence-corrected chi connectivity index (χ3v) is 4.18. The molecule has 9 heteroatoms. The lowest BCUT2D eigenvalue weighted by Gasteiger charge is -2.26. The molecule has 0 spiro atoms. The van der Waals surface area contributed by atoms with Crippen LogP contribution >= 0.6 is 0 Å². The van der Waals surface area contributed by atoms with Crippen molar-refractivity contribution in [3.8, 4) is 0 Å². The van der Waals surface area contributed by atoms with Gasteiger partial charge in [-0.15, -0.1) is 0 Å². The maximum absolute atomic E-state index is 12.5. The molecule has 0 bridgehead atoms. The highest BCUT2D eigenvalue weighted by Crippen LogP contribution is 2.06. The van der Waals surface area contributed by atoms with Crippen LogP contribution in [-0.2, 0) is 30.4 Å². The second kappa shape index (κ2) is 9.02. The van der Waals surface area contributed by atoms with Crippen molar-refractivity contribution in [3.05, 3.63) is 30.1 Å². The molecule has 2 rings (SSSR count). The van der Waals surface area contributed by atoms with Gasteiger partial charge in [0.25, 0.3) is 11.8 Å². The number of piperidine rings is 1. The Morgan fingerprint density at radius 1 is 1.22 bits per heavy atom. The molecule has 144 valence electrons. The van der Waals surface area contributed by atoms with Gasteiger partial charge in [-0.25, -0.2) is 0 Å². The summed E-state index contributed by atoms with van der Waals surface area (Å²) in [5.41, 5.74) is 0.634. The van der Waals surface area contributed by atoms with E-state index in [1.165, 1.54) is 12.4 Å². The summed E-state index contributed by atoms with van der Waals surface area (Å²) in [7, 11) is 0. The molecule has 1 aromatic rings. The molecule has 1 aliphatic rings. The van der Waals surface area contributed by atoms with Gasteiger partial charge in [-0.3, -0.25) is 29.0 Å². The molecule has 1 aromatic heterocycles. The van der Waals surface area contributed by atoms with E-state index >= 15 is 0 Å². The van der Waals surface area contributed by atoms with Gasteiger partial charge in [0.1, 0.15) is 6.04 Å². The molecule has 2 heterocycles. The fourth-order valence-electron chi connectivity index (χ4n) is 2.63. The van der Waals surface area contributed by atoms with Gasteiger partial charge in [-0.2, -0.15) is 0 Å². The monoisotopic (exact) mass is 374 g/mol. The van der Waals surface area contributed by atoms with E-state index in [1.807, 2.05) is 0 Å². The minimum Gasteiger partial charge on any atom is -0.349 e. The van der Waals surface area contributed by atoms with Crippen molar-refractivity contribution >= 4 is 29.3 Å². The van der Waals surface area contributed by atoms with Crippen LogP contribution < -0.4 is 16.0 Å². The first kappa shape index (κ1) is 20.2. The van der Waals surface area contributed by atoms with Crippen molar-refractivity contribution in [2.45, 2.75) is 38.8 Å². The number of aromatic nitrogens is 1. The minimum atomic E-state index is -1.00. The van der Waals surface area contributed by atoms with Crippen LogP contribution in [0.4, 0.5) is 0 Å². The third-order valence-electron chi connectivity index (χ3n) is 4.18. The Morgan fingerprint density at radius 3 is 2.52 bits per heavy atom. The number of hydrogen-bond acceptors (Lipinski definition) is 6. The van der Waals surface area contributed by atoms with Crippen molar-refractivity contribution in [3.63, 3.8) is 0 Å². The lowest BCUT2D eigenvalue weighted by Crippen LogP contribution is -2.58. The predicted molar refractivity (Wildman–Crippen MR) is 94.3 cm³/mol. The number of Topliss-reactive ketones (excluding diaryl/α,β-unsaturated/α-hetero) is 2. The number of hydrogen-bond donors (Lipinski definition) is 3. The van der Waals surface area contributed by atoms with Crippen LogP contribution in [0, 0.1) is 5.92 Å². The maximum atomic E-state index is 12.5. The summed E-state index contributed by atoms with van der Waals surface area (Å²) in [6, 6.07) is 1.31. The first-order valence-electron chi connectivity index (χ1n) is 8.64. The van der Waals surface area contributed by atoms with E-state index in [-0.39, 0.29) is 25.3 Å². The number of nitrogens with zero attached hydrogens (tertiary/aromatic N) is 1. The van der Waals surface area contributed by atoms with Crippen molar-refractivity contribution in [2.24, 2.45) is 5.92 Å². The number of carbonyl (C=O) groups excluding carboxylic acids is 5. The quantitative estimate of drug-likeness (QED) is 0.519. The average Bonchev–Trinajstić information content (AvgIpc) is 2.63. The van der Waals surface area contributed by atoms with Crippen LogP contribution in [0.15, 0.2) is 24.5 Å². The van der Waals surface area contributed by atoms with Crippen molar-refractivity contribution < 1.29 is 24.0 Å². The van der Waals surface area contributed by atoms with E-state index in [0.29, 0.717) is 5.56 Å². The van der Waals surface area contributed by atoms with Crippen molar-refractivity contribution in [1.29, 1.82) is 0 Å². The van der Waals surface area contributed by atoms with Crippen LogP contribution in [0.1, 0.15) is 25.8 Å². The first-order chi connectivity index (χ1) is 12.8. The number of rotatable bonds is 7. The number of pyridine rings is 1. The largest absolute Gasteiger partial charge is 0.349 e. The normalized spacial score (nSPS) is 17.8. The van der Waals surface area contributed by atoms with Crippen LogP contribution in [0.3, 0.4) is 0 Å². The average molecular weight is 374 g/mol. The molecule has 0 radical (unpaired) electrons. The van der Waals surface area contributed by atoms with Crippen molar-refractivity contribution in [1.82, 2.24) is 20.9 Å². The molecule has 1 aliphatic heterocycles. The number of nitrogens with one attached hydrogen (secondary N) is 3. The van der Waals surface area contributed by atoms with Crippen LogP contribution in [0.25, 0.3) is 0 Å². The van der Waals surface area contributed by atoms with E-state index in [1.54, 1.807) is 26.0 Å². The first-order valence-corrected chi connectivity index (χ1v) is 8.64. The highest BCUT2D eigenvalue weighted by molar-refractivity contribution is 6.39. The second-order valence-electron chi connectivity index (χ2n) is 6.62. The molecule has 0 aromatic carbocycles. The molecule has 27 heavy (non-hydrogen) atoms. The van der Waals surface area contributed by atoms with Gasteiger partial charge in [-0.1, -0.05) is 13.8 Å². The van der Waals surface area contributed by atoms with Gasteiger partial charge >= 0.3 is 0 Å². The zero-order chi connectivity index (χ0) is 20.0. The number of amides is 3. The van der Waals surface area contributed by atoms with E-state index in [4.69, 9.17) is 0 Å². The van der Waals surface area contributed by atoms with Crippen molar-refractivity contribution in [2.75, 3.05) is 6.54 Å². The SMILES string of the molecule is CC(C)C(NC(=O)C(=O)Cc1ccncc1)C(=O)NC1CCNC(=O)C1=O. The Hall–Kier alpha value is -3.10. The Kier molecular flexibility index (Phi) is 6.75. The molecule has 2 atom stereocenters. The van der Waals surface area contributed by atoms with E-state index in [9.17, 15) is 24.0 Å². The minimum absolute atomic E-state index is 0.109. The summed E-state index contributed by atoms with van der Waals surface area (Å²) in [6.07, 6.45) is 3.20. The number of carbonyl (C=O) groups is 5. The highest BCUT2D eigenvalue weighted by atomic mass is 16.2. The molecule has 3 amide bonds. The van der Waals surface area contributed by atoms with Gasteiger partial charge in [0.2, 0.25) is 17.5 Å². The Bertz CT molecular complexity index is 747. The fraction of sp³-hybridized carbons (Fsp3) is 0.444. The second-order valence-corrected chi connectivity index (χ2v) is 6.62. The Labute approximate surface area is 156 Å². The molecule has 3 N–H and O–H groups in total. The molecule has 1 saturated heterocycles. The van der Waals surface area contributed by atoms with Crippen LogP contribution in [0.2, 0.25) is 0 Å². The molecular formula is C18H22N4O5. The third kappa shape index (κ3) is 5.44. The fourth-order valence-corrected chi connectivity index (χ4v) is 2.63. The Balaban J connectivity index is 1.98. The zero-order valence-electron chi connectivity index (χ0n) is 15.2. The molecule has 9 nitrogen and oxygen atoms in total. The van der Waals surface area contributed by atoms with E-state index in [0.717, 1.165) is 0 Å². The van der Waals surface area contributed by atoms with Gasteiger partial charge < -0.3 is 16.0 Å². The topological polar surface area (TPSA) is 134 Å². The van der Waals surface area contributed by atoms with E-state index < -0.39 is 41.4 Å². The zero-order valence-corrected chi connectivity index (χ0v) is 15.2. The van der Waals surface area contributed by atoms with Gasteiger partial charge in [-0.05, 0) is 30.0 Å². The number of ketones is 2. The summed E-state index contributed by atoms with van der Waals surface area (Å²) in [5, 5.41) is 7.31. The maximum Gasteiger partial charge on any atom is 0.289 e. The molecule has 0 aliphatic carbocycles. The lowest BCUT2D eigenvalue weighted by atomic mass is 10.00. The van der Waals surface area contributed by atoms with Gasteiger partial charge in [0, 0.05) is 25.4 Å². The Morgan fingerprint density at radius 2 is 1.89 bits per heavy atom.